The number of rotatable bonds is 15. The van der Waals surface area contributed by atoms with E-state index >= 15 is 0 Å². The lowest BCUT2D eigenvalue weighted by molar-refractivity contribution is -0.142. The number of aromatic nitrogens is 2. The van der Waals surface area contributed by atoms with Crippen LogP contribution in [-0.4, -0.2) is 80.8 Å². The van der Waals surface area contributed by atoms with Crippen LogP contribution < -0.4 is 27.4 Å². The zero-order chi connectivity index (χ0) is 25.0. The minimum Gasteiger partial charge on any atom is -0.480 e. The maximum atomic E-state index is 12.8. The van der Waals surface area contributed by atoms with E-state index in [0.717, 1.165) is 0 Å². The van der Waals surface area contributed by atoms with E-state index in [9.17, 15) is 29.1 Å². The van der Waals surface area contributed by atoms with Crippen LogP contribution in [0.1, 0.15) is 31.9 Å². The number of carbonyl (C=O) groups is 5. The van der Waals surface area contributed by atoms with Crippen LogP contribution in [-0.2, 0) is 30.4 Å². The Hall–Kier alpha value is -3.13. The Morgan fingerprint density at radius 2 is 1.64 bits per heavy atom. The number of aromatic amines is 1. The van der Waals surface area contributed by atoms with Gasteiger partial charge in [0.1, 0.15) is 18.1 Å². The molecule has 0 aliphatic rings. The van der Waals surface area contributed by atoms with Crippen LogP contribution in [0.25, 0.3) is 0 Å². The van der Waals surface area contributed by atoms with Crippen LogP contribution in [0, 0.1) is 0 Å². The molecule has 1 rings (SSSR count). The number of hydrogen-bond acceptors (Lipinski definition) is 8. The van der Waals surface area contributed by atoms with Gasteiger partial charge in [-0.25, -0.2) is 9.78 Å². The predicted molar refractivity (Wildman–Crippen MR) is 121 cm³/mol. The molecule has 0 aromatic carbocycles. The van der Waals surface area contributed by atoms with E-state index in [1.54, 1.807) is 0 Å². The predicted octanol–water partition coefficient (Wildman–Crippen LogP) is -2.14. The maximum absolute atomic E-state index is 12.8. The van der Waals surface area contributed by atoms with Gasteiger partial charge in [0.2, 0.25) is 23.6 Å². The van der Waals surface area contributed by atoms with E-state index < -0.39 is 53.8 Å². The third kappa shape index (κ3) is 10.4. The van der Waals surface area contributed by atoms with Gasteiger partial charge < -0.3 is 37.5 Å². The molecule has 0 radical (unpaired) electrons. The van der Waals surface area contributed by atoms with Crippen LogP contribution >= 0.6 is 11.8 Å². The molecule has 4 atom stereocenters. The average molecular weight is 486 g/mol. The number of aliphatic carboxylic acids is 1. The highest BCUT2D eigenvalue weighted by Gasteiger charge is 2.30. The van der Waals surface area contributed by atoms with E-state index in [1.807, 2.05) is 6.26 Å². The number of imidazole rings is 1. The number of thioether (sulfide) groups is 1. The quantitative estimate of drug-likeness (QED) is 0.144. The third-order valence-electron chi connectivity index (χ3n) is 4.56. The van der Waals surface area contributed by atoms with E-state index in [0.29, 0.717) is 11.4 Å². The molecule has 0 aliphatic heterocycles. The summed E-state index contributed by atoms with van der Waals surface area (Å²) in [6.07, 6.45) is 4.45. The first-order valence-corrected chi connectivity index (χ1v) is 11.6. The van der Waals surface area contributed by atoms with Crippen molar-refractivity contribution >= 4 is 41.4 Å². The monoisotopic (exact) mass is 485 g/mol. The molecule has 0 bridgehead atoms. The summed E-state index contributed by atoms with van der Waals surface area (Å²) in [5.41, 5.74) is 11.2. The van der Waals surface area contributed by atoms with Gasteiger partial charge in [0.25, 0.3) is 0 Å². The Labute approximate surface area is 195 Å². The smallest absolute Gasteiger partial charge is 0.326 e. The number of hydrogen-bond donors (Lipinski definition) is 7. The van der Waals surface area contributed by atoms with Gasteiger partial charge in [0.05, 0.1) is 12.4 Å². The molecule has 4 unspecified atom stereocenters. The second kappa shape index (κ2) is 14.1. The second-order valence-electron chi connectivity index (χ2n) is 7.38. The van der Waals surface area contributed by atoms with Crippen molar-refractivity contribution in [2.24, 2.45) is 11.5 Å². The van der Waals surface area contributed by atoms with Gasteiger partial charge in [-0.1, -0.05) is 0 Å². The Kier molecular flexibility index (Phi) is 11.9. The molecule has 4 amide bonds. The Morgan fingerprint density at radius 3 is 2.12 bits per heavy atom. The van der Waals surface area contributed by atoms with Crippen LogP contribution in [0.4, 0.5) is 0 Å². The van der Waals surface area contributed by atoms with Crippen LogP contribution in [0.2, 0.25) is 0 Å². The molecule has 9 N–H and O–H groups in total. The van der Waals surface area contributed by atoms with Crippen LogP contribution in [0.3, 0.4) is 0 Å². The van der Waals surface area contributed by atoms with Gasteiger partial charge in [-0.2, -0.15) is 11.8 Å². The molecule has 1 heterocycles. The zero-order valence-corrected chi connectivity index (χ0v) is 19.3. The second-order valence-corrected chi connectivity index (χ2v) is 8.36. The SMILES string of the molecule is CSCCC(NC(=O)C(C)N)C(=O)NC(CCC(N)=O)C(=O)NC(Cc1cnc[nH]1)C(=O)O. The van der Waals surface area contributed by atoms with Gasteiger partial charge in [0.15, 0.2) is 0 Å². The number of carbonyl (C=O) groups excluding carboxylic acids is 4. The number of carboxylic acid groups (broad SMARTS) is 1. The van der Waals surface area contributed by atoms with Gasteiger partial charge in [-0.3, -0.25) is 19.2 Å². The van der Waals surface area contributed by atoms with Crippen molar-refractivity contribution in [2.45, 2.75) is 56.8 Å². The number of primary amides is 1. The fraction of sp³-hybridized carbons (Fsp3) is 0.579. The fourth-order valence-corrected chi connectivity index (χ4v) is 3.20. The Balaban J connectivity index is 2.96. The van der Waals surface area contributed by atoms with Crippen molar-refractivity contribution in [3.63, 3.8) is 0 Å². The summed E-state index contributed by atoms with van der Waals surface area (Å²) in [5, 5.41) is 16.9. The number of nitrogens with one attached hydrogen (secondary N) is 4. The summed E-state index contributed by atoms with van der Waals surface area (Å²) in [5.74, 6) is -3.46. The molecule has 1 aromatic heterocycles. The molecular weight excluding hydrogens is 454 g/mol. The van der Waals surface area contributed by atoms with E-state index in [1.165, 1.54) is 31.2 Å². The first-order chi connectivity index (χ1) is 15.5. The van der Waals surface area contributed by atoms with Gasteiger partial charge in [0, 0.05) is 24.7 Å². The third-order valence-corrected chi connectivity index (χ3v) is 5.21. The highest BCUT2D eigenvalue weighted by molar-refractivity contribution is 7.98. The van der Waals surface area contributed by atoms with Crippen molar-refractivity contribution in [1.82, 2.24) is 25.9 Å². The first-order valence-electron chi connectivity index (χ1n) is 10.2. The lowest BCUT2D eigenvalue weighted by atomic mass is 10.1. The molecule has 184 valence electrons. The largest absolute Gasteiger partial charge is 0.480 e. The Bertz CT molecular complexity index is 818. The summed E-state index contributed by atoms with van der Waals surface area (Å²) >= 11 is 1.46. The highest BCUT2D eigenvalue weighted by Crippen LogP contribution is 2.06. The standard InChI is InChI=1S/C19H31N7O6S/c1-10(20)16(28)24-13(5-6-33-2)18(30)25-12(3-4-15(21)27)17(29)26-14(19(31)32)7-11-8-22-9-23-11/h8-10,12-14H,3-7,20H2,1-2H3,(H2,21,27)(H,22,23)(H,24,28)(H,25,30)(H,26,29)(H,31,32). The number of carboxylic acids is 1. The van der Waals surface area contributed by atoms with E-state index in [2.05, 4.69) is 25.9 Å². The normalized spacial score (nSPS) is 14.4. The summed E-state index contributed by atoms with van der Waals surface area (Å²) in [6, 6.07) is -4.38. The maximum Gasteiger partial charge on any atom is 0.326 e. The lowest BCUT2D eigenvalue weighted by Gasteiger charge is -2.24. The van der Waals surface area contributed by atoms with Crippen molar-refractivity contribution in [3.05, 3.63) is 18.2 Å². The summed E-state index contributed by atoms with van der Waals surface area (Å²) in [4.78, 5) is 67.1. The molecule has 14 heteroatoms. The fourth-order valence-electron chi connectivity index (χ4n) is 2.72. The average Bonchev–Trinajstić information content (AvgIpc) is 3.25. The van der Waals surface area contributed by atoms with E-state index in [-0.39, 0.29) is 25.7 Å². The lowest BCUT2D eigenvalue weighted by Crippen LogP contribution is -2.57. The first kappa shape index (κ1) is 27.9. The number of amides is 4. The van der Waals surface area contributed by atoms with Crippen LogP contribution in [0.5, 0.6) is 0 Å². The van der Waals surface area contributed by atoms with Crippen molar-refractivity contribution in [1.29, 1.82) is 0 Å². The summed E-state index contributed by atoms with van der Waals surface area (Å²) in [7, 11) is 0. The summed E-state index contributed by atoms with van der Waals surface area (Å²) < 4.78 is 0. The molecule has 13 nitrogen and oxygen atoms in total. The minimum absolute atomic E-state index is 0.0711. The molecule has 33 heavy (non-hydrogen) atoms. The van der Waals surface area contributed by atoms with Gasteiger partial charge in [-0.05, 0) is 31.8 Å². The van der Waals surface area contributed by atoms with E-state index in [4.69, 9.17) is 11.5 Å². The minimum atomic E-state index is -1.31. The molecule has 0 spiro atoms. The Morgan fingerprint density at radius 1 is 1.06 bits per heavy atom. The number of nitrogens with two attached hydrogens (primary N) is 2. The van der Waals surface area contributed by atoms with Crippen molar-refractivity contribution in [2.75, 3.05) is 12.0 Å². The number of H-pyrrole nitrogens is 1. The molecule has 0 saturated heterocycles. The number of nitrogens with zero attached hydrogens (tertiary/aromatic N) is 1. The van der Waals surface area contributed by atoms with Gasteiger partial charge in [-0.15, -0.1) is 0 Å². The molecule has 0 saturated carbocycles. The van der Waals surface area contributed by atoms with Crippen LogP contribution in [0.15, 0.2) is 12.5 Å². The summed E-state index contributed by atoms with van der Waals surface area (Å²) in [6.45, 7) is 1.47. The van der Waals surface area contributed by atoms with Crippen molar-refractivity contribution in [3.8, 4) is 0 Å². The van der Waals surface area contributed by atoms with Crippen molar-refractivity contribution < 1.29 is 29.1 Å². The highest BCUT2D eigenvalue weighted by atomic mass is 32.2. The molecule has 1 aromatic rings. The molecule has 0 aliphatic carbocycles. The molecule has 0 fully saturated rings. The topological polar surface area (TPSA) is 222 Å². The zero-order valence-electron chi connectivity index (χ0n) is 18.5. The molecular formula is C19H31N7O6S. The van der Waals surface area contributed by atoms with Gasteiger partial charge >= 0.3 is 5.97 Å².